The lowest BCUT2D eigenvalue weighted by Gasteiger charge is -2.28. The maximum Gasteiger partial charge on any atom is 0.183 e. The van der Waals surface area contributed by atoms with Crippen LogP contribution >= 0.6 is 0 Å². The summed E-state index contributed by atoms with van der Waals surface area (Å²) in [5.41, 5.74) is 2.87. The molecule has 0 aromatic heterocycles. The highest BCUT2D eigenvalue weighted by molar-refractivity contribution is 5.71. The first-order valence-electron chi connectivity index (χ1n) is 13.7. The summed E-state index contributed by atoms with van der Waals surface area (Å²) in [6.07, 6.45) is 10.6. The van der Waals surface area contributed by atoms with Crippen molar-refractivity contribution in [2.75, 3.05) is 13.2 Å². The van der Waals surface area contributed by atoms with E-state index in [4.69, 9.17) is 9.47 Å². The molecule has 3 aromatic rings. The predicted molar refractivity (Wildman–Crippen MR) is 147 cm³/mol. The van der Waals surface area contributed by atoms with Crippen molar-refractivity contribution in [2.24, 2.45) is 5.92 Å². The maximum absolute atomic E-state index is 15.0. The Morgan fingerprint density at radius 2 is 1.39 bits per heavy atom. The molecule has 1 heterocycles. The van der Waals surface area contributed by atoms with Crippen LogP contribution in [-0.2, 0) is 15.9 Å². The molecule has 4 rings (SSSR count). The van der Waals surface area contributed by atoms with Crippen LogP contribution in [0.3, 0.4) is 0 Å². The van der Waals surface area contributed by atoms with Gasteiger partial charge in [0.2, 0.25) is 0 Å². The molecule has 1 aliphatic heterocycles. The minimum absolute atomic E-state index is 0.203. The molecule has 3 aromatic carbocycles. The second-order valence-electron chi connectivity index (χ2n) is 10.0. The van der Waals surface area contributed by atoms with Gasteiger partial charge in [0.1, 0.15) is 5.82 Å². The fourth-order valence-electron chi connectivity index (χ4n) is 4.94. The summed E-state index contributed by atoms with van der Waals surface area (Å²) < 4.78 is 56.3. The van der Waals surface area contributed by atoms with Crippen LogP contribution < -0.4 is 0 Å². The van der Waals surface area contributed by atoms with Crippen molar-refractivity contribution < 1.29 is 22.6 Å². The molecule has 0 amide bonds. The van der Waals surface area contributed by atoms with Gasteiger partial charge in [-0.05, 0) is 42.5 Å². The summed E-state index contributed by atoms with van der Waals surface area (Å²) in [5.74, 6) is -1.80. The van der Waals surface area contributed by atoms with Crippen LogP contribution in [0.25, 0.3) is 22.3 Å². The van der Waals surface area contributed by atoms with E-state index in [0.717, 1.165) is 19.3 Å². The molecule has 0 radical (unpaired) electrons. The number of hydrogen-bond donors (Lipinski definition) is 0. The summed E-state index contributed by atoms with van der Waals surface area (Å²) in [6.45, 7) is 5.18. The zero-order valence-electron chi connectivity index (χ0n) is 22.3. The Bertz CT molecular complexity index is 1210. The first-order valence-corrected chi connectivity index (χ1v) is 13.7. The maximum atomic E-state index is 15.0. The van der Waals surface area contributed by atoms with Crippen molar-refractivity contribution in [3.8, 4) is 22.3 Å². The van der Waals surface area contributed by atoms with Gasteiger partial charge in [0.05, 0.1) is 13.2 Å². The van der Waals surface area contributed by atoms with E-state index in [1.54, 1.807) is 48.5 Å². The molecule has 5 heteroatoms. The summed E-state index contributed by atoms with van der Waals surface area (Å²) >= 11 is 0. The number of ether oxygens (including phenoxy) is 2. The van der Waals surface area contributed by atoms with Crippen molar-refractivity contribution in [1.82, 2.24) is 0 Å². The van der Waals surface area contributed by atoms with E-state index >= 15 is 4.39 Å². The highest BCUT2D eigenvalue weighted by atomic mass is 19.2. The van der Waals surface area contributed by atoms with Crippen molar-refractivity contribution in [3.63, 3.8) is 0 Å². The largest absolute Gasteiger partial charge is 0.348 e. The van der Waals surface area contributed by atoms with E-state index < -0.39 is 23.7 Å². The van der Waals surface area contributed by atoms with Gasteiger partial charge >= 0.3 is 0 Å². The predicted octanol–water partition coefficient (Wildman–Crippen LogP) is 9.58. The minimum Gasteiger partial charge on any atom is -0.348 e. The van der Waals surface area contributed by atoms with E-state index in [1.807, 2.05) is 19.1 Å². The fourth-order valence-corrected chi connectivity index (χ4v) is 4.94. The Morgan fingerprint density at radius 3 is 2.05 bits per heavy atom. The highest BCUT2D eigenvalue weighted by Gasteiger charge is 2.23. The number of aryl methyl sites for hydroxylation is 1. The van der Waals surface area contributed by atoms with Crippen LogP contribution in [0.5, 0.6) is 0 Å². The molecule has 0 aliphatic carbocycles. The molecule has 2 nitrogen and oxygen atoms in total. The van der Waals surface area contributed by atoms with Gasteiger partial charge in [-0.1, -0.05) is 99.7 Å². The van der Waals surface area contributed by atoms with Gasteiger partial charge in [-0.3, -0.25) is 0 Å². The molecule has 1 fully saturated rings. The molecule has 0 N–H and O–H groups in total. The number of benzene rings is 3. The second kappa shape index (κ2) is 13.8. The van der Waals surface area contributed by atoms with E-state index in [9.17, 15) is 8.78 Å². The molecule has 1 aliphatic rings. The quantitative estimate of drug-likeness (QED) is 0.184. The number of rotatable bonds is 11. The lowest BCUT2D eigenvalue weighted by Crippen LogP contribution is -2.25. The zero-order chi connectivity index (χ0) is 26.9. The fraction of sp³-hybridized carbons (Fsp3) is 0.394. The van der Waals surface area contributed by atoms with Gasteiger partial charge in [-0.15, -0.1) is 0 Å². The van der Waals surface area contributed by atoms with Crippen LogP contribution in [0.15, 0.2) is 66.7 Å². The van der Waals surface area contributed by atoms with E-state index in [1.165, 1.54) is 25.3 Å². The summed E-state index contributed by atoms with van der Waals surface area (Å²) in [5, 5.41) is 0. The van der Waals surface area contributed by atoms with Crippen molar-refractivity contribution >= 4 is 0 Å². The number of allylic oxidation sites excluding steroid dienone is 1. The van der Waals surface area contributed by atoms with Gasteiger partial charge in [-0.25, -0.2) is 13.2 Å². The third-order valence-electron chi connectivity index (χ3n) is 7.12. The Labute approximate surface area is 224 Å². The number of halogens is 3. The summed E-state index contributed by atoms with van der Waals surface area (Å²) in [7, 11) is 0. The van der Waals surface area contributed by atoms with Crippen molar-refractivity contribution in [2.45, 2.75) is 65.1 Å². The Balaban J connectivity index is 1.41. The molecule has 0 atom stereocenters. The van der Waals surface area contributed by atoms with Crippen LogP contribution in [0.4, 0.5) is 13.2 Å². The van der Waals surface area contributed by atoms with Crippen LogP contribution in [0, 0.1) is 23.4 Å². The Kier molecular flexibility index (Phi) is 10.2. The molecule has 0 spiro atoms. The SMILES string of the molecule is CC=CC1COC(c2ccc(-c3ccc(-c4ccc(CCCCCCCC)c(F)c4F)cc3)c(F)c2)OC1. The zero-order valence-corrected chi connectivity index (χ0v) is 22.3. The molecule has 38 heavy (non-hydrogen) atoms. The second-order valence-corrected chi connectivity index (χ2v) is 10.0. The molecule has 0 unspecified atom stereocenters. The highest BCUT2D eigenvalue weighted by Crippen LogP contribution is 2.33. The van der Waals surface area contributed by atoms with Crippen molar-refractivity contribution in [1.29, 1.82) is 0 Å². The lowest BCUT2D eigenvalue weighted by atomic mass is 9.96. The topological polar surface area (TPSA) is 18.5 Å². The molecule has 0 bridgehead atoms. The number of unbranched alkanes of at least 4 members (excludes halogenated alkanes) is 5. The molecular weight excluding hydrogens is 485 g/mol. The van der Waals surface area contributed by atoms with Gasteiger partial charge < -0.3 is 9.47 Å². The lowest BCUT2D eigenvalue weighted by molar-refractivity contribution is -0.197. The summed E-state index contributed by atoms with van der Waals surface area (Å²) in [4.78, 5) is 0. The third kappa shape index (κ3) is 6.95. The van der Waals surface area contributed by atoms with Gasteiger partial charge in [0.25, 0.3) is 0 Å². The Morgan fingerprint density at radius 1 is 0.763 bits per heavy atom. The standard InChI is InChI=1S/C33H37F3O2/c1-3-5-6-7-8-9-11-26-16-19-29(32(36)31(26)35)25-14-12-24(13-15-25)28-18-17-27(20-30(28)34)33-37-21-23(10-4-2)22-38-33/h4,10,12-20,23,33H,3,5-9,11,21-22H2,1-2H3. The first-order chi connectivity index (χ1) is 18.5. The van der Waals surface area contributed by atoms with Gasteiger partial charge in [0.15, 0.2) is 17.9 Å². The monoisotopic (exact) mass is 522 g/mol. The molecule has 202 valence electrons. The third-order valence-corrected chi connectivity index (χ3v) is 7.12. The Hall–Kier alpha value is -2.89. The van der Waals surface area contributed by atoms with Crippen LogP contribution in [0.1, 0.15) is 69.8 Å². The van der Waals surface area contributed by atoms with Crippen LogP contribution in [-0.4, -0.2) is 13.2 Å². The average Bonchev–Trinajstić information content (AvgIpc) is 2.94. The molecule has 0 saturated carbocycles. The number of hydrogen-bond acceptors (Lipinski definition) is 2. The van der Waals surface area contributed by atoms with E-state index in [0.29, 0.717) is 47.5 Å². The van der Waals surface area contributed by atoms with Gasteiger partial charge in [-0.2, -0.15) is 0 Å². The van der Waals surface area contributed by atoms with E-state index in [2.05, 4.69) is 6.92 Å². The normalized spacial score (nSPS) is 17.8. The van der Waals surface area contributed by atoms with Crippen LogP contribution in [0.2, 0.25) is 0 Å². The average molecular weight is 523 g/mol. The smallest absolute Gasteiger partial charge is 0.183 e. The van der Waals surface area contributed by atoms with Gasteiger partial charge in [0, 0.05) is 22.6 Å². The summed E-state index contributed by atoms with van der Waals surface area (Å²) in [6, 6.07) is 15.1. The van der Waals surface area contributed by atoms with Crippen molar-refractivity contribution in [3.05, 3.63) is 95.3 Å². The molecular formula is C33H37F3O2. The molecule has 1 saturated heterocycles. The first kappa shape index (κ1) is 28.1. The minimum atomic E-state index is -0.832. The van der Waals surface area contributed by atoms with E-state index in [-0.39, 0.29) is 11.5 Å².